The van der Waals surface area contributed by atoms with Crippen LogP contribution in [0.1, 0.15) is 23.2 Å². The Morgan fingerprint density at radius 3 is 2.29 bits per heavy atom. The Hall–Kier alpha value is -3.11. The smallest absolute Gasteiger partial charge is 0.257 e. The molecule has 2 aromatic rings. The lowest BCUT2D eigenvalue weighted by Crippen LogP contribution is -2.41. The molecular weight excluding hydrogens is 422 g/mol. The molecule has 31 heavy (non-hydrogen) atoms. The molecule has 1 saturated heterocycles. The zero-order valence-electron chi connectivity index (χ0n) is 17.3. The number of sulfonamides is 1. The number of nitrogens with one attached hydrogen (secondary N) is 1. The van der Waals surface area contributed by atoms with Crippen LogP contribution < -0.4 is 19.9 Å². The number of piperidine rings is 1. The molecule has 1 aliphatic rings. The number of nitrogens with two attached hydrogens (primary N) is 1. The highest BCUT2D eigenvalue weighted by molar-refractivity contribution is 7.89. The molecule has 2 amide bonds. The number of rotatable bonds is 6. The number of carbonyl (C=O) groups excluding carboxylic acids is 2. The molecular formula is C21H25N3O6S. The summed E-state index contributed by atoms with van der Waals surface area (Å²) in [6.07, 6.45) is 0.952. The van der Waals surface area contributed by atoms with Crippen LogP contribution in [-0.2, 0) is 14.8 Å². The van der Waals surface area contributed by atoms with Crippen LogP contribution in [0.15, 0.2) is 47.4 Å². The maximum absolute atomic E-state index is 13.0. The lowest BCUT2D eigenvalue weighted by Gasteiger charge is -2.31. The summed E-state index contributed by atoms with van der Waals surface area (Å²) >= 11 is 0. The zero-order valence-corrected chi connectivity index (χ0v) is 18.1. The number of methoxy groups -OCH3 is 2. The molecule has 1 aliphatic heterocycles. The van der Waals surface area contributed by atoms with Gasteiger partial charge < -0.3 is 19.7 Å². The van der Waals surface area contributed by atoms with Crippen LogP contribution in [0.4, 0.5) is 5.69 Å². The zero-order chi connectivity index (χ0) is 22.6. The van der Waals surface area contributed by atoms with E-state index in [0.717, 1.165) is 0 Å². The maximum Gasteiger partial charge on any atom is 0.257 e. The molecule has 0 atom stereocenters. The third-order valence-electron chi connectivity index (χ3n) is 5.25. The number of ether oxygens (including phenoxy) is 2. The SMILES string of the molecule is COc1ccccc1NC(=O)C1CCN(C(=O)c2cc(S(N)(=O)=O)ccc2OC)CC1. The third-order valence-corrected chi connectivity index (χ3v) is 6.16. The molecule has 3 rings (SSSR count). The molecule has 1 heterocycles. The molecule has 3 N–H and O–H groups in total. The van der Waals surface area contributed by atoms with Crippen molar-refractivity contribution in [1.29, 1.82) is 0 Å². The van der Waals surface area contributed by atoms with Crippen molar-refractivity contribution in [3.63, 3.8) is 0 Å². The van der Waals surface area contributed by atoms with E-state index in [1.54, 1.807) is 17.0 Å². The summed E-state index contributed by atoms with van der Waals surface area (Å²) < 4.78 is 33.8. The number of amides is 2. The monoisotopic (exact) mass is 447 g/mol. The first kappa shape index (κ1) is 22.6. The van der Waals surface area contributed by atoms with E-state index in [-0.39, 0.29) is 33.9 Å². The molecule has 1 fully saturated rings. The van der Waals surface area contributed by atoms with E-state index in [9.17, 15) is 18.0 Å². The van der Waals surface area contributed by atoms with Crippen LogP contribution in [0.25, 0.3) is 0 Å². The van der Waals surface area contributed by atoms with Crippen LogP contribution >= 0.6 is 0 Å². The van der Waals surface area contributed by atoms with Crippen LogP contribution in [0, 0.1) is 5.92 Å². The molecule has 0 spiro atoms. The van der Waals surface area contributed by atoms with Gasteiger partial charge >= 0.3 is 0 Å². The highest BCUT2D eigenvalue weighted by Crippen LogP contribution is 2.28. The van der Waals surface area contributed by atoms with Gasteiger partial charge in [0.1, 0.15) is 11.5 Å². The molecule has 0 aromatic heterocycles. The lowest BCUT2D eigenvalue weighted by atomic mass is 9.95. The normalized spacial score (nSPS) is 14.7. The van der Waals surface area contributed by atoms with E-state index >= 15 is 0 Å². The Bertz CT molecular complexity index is 1080. The Kier molecular flexibility index (Phi) is 6.81. The molecule has 0 radical (unpaired) electrons. The molecule has 2 aromatic carbocycles. The maximum atomic E-state index is 13.0. The number of hydrogen-bond acceptors (Lipinski definition) is 6. The number of carbonyl (C=O) groups is 2. The van der Waals surface area contributed by atoms with Crippen molar-refractivity contribution in [2.75, 3.05) is 32.6 Å². The molecule has 0 bridgehead atoms. The number of hydrogen-bond donors (Lipinski definition) is 2. The predicted molar refractivity (Wildman–Crippen MR) is 115 cm³/mol. The fourth-order valence-electron chi connectivity index (χ4n) is 3.53. The van der Waals surface area contributed by atoms with Gasteiger partial charge in [0.25, 0.3) is 5.91 Å². The number of likely N-dealkylation sites (tertiary alicyclic amines) is 1. The van der Waals surface area contributed by atoms with Crippen molar-refractivity contribution < 1.29 is 27.5 Å². The average Bonchev–Trinajstić information content (AvgIpc) is 2.78. The first-order valence-corrected chi connectivity index (χ1v) is 11.2. The number of para-hydroxylation sites is 2. The minimum Gasteiger partial charge on any atom is -0.496 e. The van der Waals surface area contributed by atoms with E-state index in [4.69, 9.17) is 14.6 Å². The average molecular weight is 448 g/mol. The highest BCUT2D eigenvalue weighted by Gasteiger charge is 2.30. The lowest BCUT2D eigenvalue weighted by molar-refractivity contribution is -0.121. The predicted octanol–water partition coefficient (Wildman–Crippen LogP) is 1.84. The minimum absolute atomic E-state index is 0.117. The van der Waals surface area contributed by atoms with Crippen LogP contribution in [0.5, 0.6) is 11.5 Å². The van der Waals surface area contributed by atoms with Gasteiger partial charge in [-0.25, -0.2) is 13.6 Å². The Morgan fingerprint density at radius 1 is 1.03 bits per heavy atom. The Balaban J connectivity index is 1.68. The number of anilines is 1. The molecule has 9 nitrogen and oxygen atoms in total. The van der Waals surface area contributed by atoms with Crippen LogP contribution in [0.2, 0.25) is 0 Å². The minimum atomic E-state index is -3.96. The highest BCUT2D eigenvalue weighted by atomic mass is 32.2. The van der Waals surface area contributed by atoms with Crippen molar-refractivity contribution in [2.24, 2.45) is 11.1 Å². The molecule has 10 heteroatoms. The molecule has 166 valence electrons. The Morgan fingerprint density at radius 2 is 1.68 bits per heavy atom. The number of nitrogens with zero attached hydrogens (tertiary/aromatic N) is 1. The topological polar surface area (TPSA) is 128 Å². The van der Waals surface area contributed by atoms with Crippen molar-refractivity contribution in [1.82, 2.24) is 4.90 Å². The van der Waals surface area contributed by atoms with Crippen LogP contribution in [0.3, 0.4) is 0 Å². The standard InChI is InChI=1S/C21H25N3O6S/c1-29-18-8-7-15(31(22,27)28)13-16(18)21(26)24-11-9-14(10-12-24)20(25)23-17-5-3-4-6-19(17)30-2/h3-8,13-14H,9-12H2,1-2H3,(H,23,25)(H2,22,27,28). The quantitative estimate of drug-likeness (QED) is 0.695. The van der Waals surface area contributed by atoms with Gasteiger partial charge in [0.05, 0.1) is 30.4 Å². The van der Waals surface area contributed by atoms with Gasteiger partial charge in [-0.1, -0.05) is 12.1 Å². The fourth-order valence-corrected chi connectivity index (χ4v) is 4.07. The van der Waals surface area contributed by atoms with E-state index in [1.807, 2.05) is 12.1 Å². The van der Waals surface area contributed by atoms with E-state index < -0.39 is 10.0 Å². The first-order valence-electron chi connectivity index (χ1n) is 9.68. The summed E-state index contributed by atoms with van der Waals surface area (Å²) in [7, 11) is -1.02. The molecule has 0 aliphatic carbocycles. The summed E-state index contributed by atoms with van der Waals surface area (Å²) in [5, 5.41) is 8.07. The fraction of sp³-hybridized carbons (Fsp3) is 0.333. The van der Waals surface area contributed by atoms with Crippen molar-refractivity contribution in [3.8, 4) is 11.5 Å². The van der Waals surface area contributed by atoms with Crippen molar-refractivity contribution in [2.45, 2.75) is 17.7 Å². The van der Waals surface area contributed by atoms with Gasteiger partial charge in [0.15, 0.2) is 0 Å². The second kappa shape index (κ2) is 9.36. The van der Waals surface area contributed by atoms with Crippen LogP contribution in [-0.4, -0.2) is 52.4 Å². The largest absolute Gasteiger partial charge is 0.496 e. The third kappa shape index (κ3) is 5.15. The second-order valence-corrected chi connectivity index (χ2v) is 8.72. The molecule has 0 unspecified atom stereocenters. The van der Waals surface area contributed by atoms with Gasteiger partial charge in [-0.05, 0) is 43.2 Å². The van der Waals surface area contributed by atoms with E-state index in [1.165, 1.54) is 32.4 Å². The number of benzene rings is 2. The van der Waals surface area contributed by atoms with E-state index in [0.29, 0.717) is 37.4 Å². The Labute approximate surface area is 181 Å². The first-order chi connectivity index (χ1) is 14.7. The van der Waals surface area contributed by atoms with Gasteiger partial charge in [0, 0.05) is 19.0 Å². The van der Waals surface area contributed by atoms with Crippen molar-refractivity contribution in [3.05, 3.63) is 48.0 Å². The summed E-state index contributed by atoms with van der Waals surface area (Å²) in [6, 6.07) is 11.1. The van der Waals surface area contributed by atoms with Gasteiger partial charge in [-0.2, -0.15) is 0 Å². The number of primary sulfonamides is 1. The van der Waals surface area contributed by atoms with Gasteiger partial charge in [-0.3, -0.25) is 9.59 Å². The second-order valence-electron chi connectivity index (χ2n) is 7.16. The summed E-state index contributed by atoms with van der Waals surface area (Å²) in [6.45, 7) is 0.706. The summed E-state index contributed by atoms with van der Waals surface area (Å²) in [5.74, 6) is 0.0710. The van der Waals surface area contributed by atoms with Gasteiger partial charge in [0.2, 0.25) is 15.9 Å². The molecule has 0 saturated carbocycles. The van der Waals surface area contributed by atoms with E-state index in [2.05, 4.69) is 5.32 Å². The van der Waals surface area contributed by atoms with Crippen molar-refractivity contribution >= 4 is 27.5 Å². The van der Waals surface area contributed by atoms with Gasteiger partial charge in [-0.15, -0.1) is 0 Å². The summed E-state index contributed by atoms with van der Waals surface area (Å²) in [5.41, 5.74) is 0.712. The summed E-state index contributed by atoms with van der Waals surface area (Å²) in [4.78, 5) is 27.1.